The van der Waals surface area contributed by atoms with E-state index in [-0.39, 0.29) is 23.9 Å². The Morgan fingerprint density at radius 3 is 3.06 bits per heavy atom. The summed E-state index contributed by atoms with van der Waals surface area (Å²) in [6.45, 7) is 4.00. The molecule has 2 saturated carbocycles. The molecule has 0 amide bonds. The highest BCUT2D eigenvalue weighted by Gasteiger charge is 2.56. The van der Waals surface area contributed by atoms with Gasteiger partial charge in [0.05, 0.1) is 17.6 Å². The van der Waals surface area contributed by atoms with Gasteiger partial charge in [-0.3, -0.25) is 4.79 Å². The SMILES string of the molecule is CC(C)OC1C=C[C@@]2(CC[C@H]3CCC(=O)[C@H]32)O1. The molecule has 0 N–H and O–H groups in total. The third-order valence-electron chi connectivity index (χ3n) is 4.29. The average molecular weight is 236 g/mol. The molecule has 0 aromatic carbocycles. The third kappa shape index (κ3) is 1.76. The zero-order chi connectivity index (χ0) is 12.0. The maximum Gasteiger partial charge on any atom is 0.178 e. The van der Waals surface area contributed by atoms with Gasteiger partial charge in [-0.15, -0.1) is 0 Å². The lowest BCUT2D eigenvalue weighted by Gasteiger charge is -2.29. The van der Waals surface area contributed by atoms with Gasteiger partial charge in [0.25, 0.3) is 0 Å². The normalized spacial score (nSPS) is 44.2. The maximum atomic E-state index is 12.0. The van der Waals surface area contributed by atoms with Crippen molar-refractivity contribution in [3.63, 3.8) is 0 Å². The van der Waals surface area contributed by atoms with E-state index in [1.165, 1.54) is 0 Å². The summed E-state index contributed by atoms with van der Waals surface area (Å²) in [6.07, 6.45) is 7.85. The molecular weight excluding hydrogens is 216 g/mol. The monoisotopic (exact) mass is 236 g/mol. The highest BCUT2D eigenvalue weighted by molar-refractivity contribution is 5.85. The van der Waals surface area contributed by atoms with Crippen molar-refractivity contribution in [2.75, 3.05) is 0 Å². The first-order chi connectivity index (χ1) is 8.11. The summed E-state index contributed by atoms with van der Waals surface area (Å²) in [5.41, 5.74) is -0.336. The quantitative estimate of drug-likeness (QED) is 0.691. The first kappa shape index (κ1) is 11.4. The summed E-state index contributed by atoms with van der Waals surface area (Å²) >= 11 is 0. The van der Waals surface area contributed by atoms with Crippen LogP contribution in [0.15, 0.2) is 12.2 Å². The van der Waals surface area contributed by atoms with Crippen molar-refractivity contribution in [2.45, 2.75) is 57.5 Å². The number of fused-ring (bicyclic) bond motifs is 2. The average Bonchev–Trinajstić information content (AvgIpc) is 2.89. The standard InChI is InChI=1S/C14H20O3/c1-9(2)16-12-6-8-14(17-12)7-5-10-3-4-11(15)13(10)14/h6,8-10,12-13H,3-5,7H2,1-2H3/t10-,12?,13+,14-/m1/s1. The van der Waals surface area contributed by atoms with Crippen LogP contribution in [0.1, 0.15) is 39.5 Å². The molecule has 94 valence electrons. The topological polar surface area (TPSA) is 35.5 Å². The van der Waals surface area contributed by atoms with Gasteiger partial charge in [-0.05, 0) is 45.1 Å². The van der Waals surface area contributed by atoms with E-state index in [0.29, 0.717) is 11.7 Å². The van der Waals surface area contributed by atoms with Crippen molar-refractivity contribution < 1.29 is 14.3 Å². The molecule has 3 aliphatic rings. The summed E-state index contributed by atoms with van der Waals surface area (Å²) in [6, 6.07) is 0. The predicted molar refractivity (Wildman–Crippen MR) is 63.4 cm³/mol. The van der Waals surface area contributed by atoms with Crippen molar-refractivity contribution in [1.29, 1.82) is 0 Å². The maximum absolute atomic E-state index is 12.0. The number of hydrogen-bond donors (Lipinski definition) is 0. The predicted octanol–water partition coefficient (Wildman–Crippen LogP) is 2.45. The lowest BCUT2D eigenvalue weighted by atomic mass is 9.87. The number of carbonyl (C=O) groups is 1. The number of Topliss-reactive ketones (excluding diaryl/α,β-unsaturated/α-hetero) is 1. The third-order valence-corrected chi connectivity index (χ3v) is 4.29. The van der Waals surface area contributed by atoms with E-state index in [0.717, 1.165) is 25.7 Å². The van der Waals surface area contributed by atoms with Crippen LogP contribution < -0.4 is 0 Å². The van der Waals surface area contributed by atoms with Crippen LogP contribution in [-0.4, -0.2) is 23.8 Å². The van der Waals surface area contributed by atoms with Gasteiger partial charge in [0, 0.05) is 6.42 Å². The fourth-order valence-electron chi connectivity index (χ4n) is 3.66. The Labute approximate surface area is 102 Å². The molecule has 1 unspecified atom stereocenters. The van der Waals surface area contributed by atoms with Gasteiger partial charge in [0.1, 0.15) is 5.78 Å². The minimum Gasteiger partial charge on any atom is -0.346 e. The molecule has 2 aliphatic carbocycles. The van der Waals surface area contributed by atoms with Crippen molar-refractivity contribution in [3.8, 4) is 0 Å². The van der Waals surface area contributed by atoms with Gasteiger partial charge >= 0.3 is 0 Å². The van der Waals surface area contributed by atoms with Crippen molar-refractivity contribution >= 4 is 5.78 Å². The molecule has 0 aromatic rings. The Morgan fingerprint density at radius 2 is 2.29 bits per heavy atom. The molecule has 3 nitrogen and oxygen atoms in total. The van der Waals surface area contributed by atoms with E-state index in [4.69, 9.17) is 9.47 Å². The van der Waals surface area contributed by atoms with Crippen molar-refractivity contribution in [3.05, 3.63) is 12.2 Å². The van der Waals surface area contributed by atoms with E-state index < -0.39 is 0 Å². The second kappa shape index (κ2) is 3.92. The van der Waals surface area contributed by atoms with Gasteiger partial charge in [0.15, 0.2) is 6.29 Å². The van der Waals surface area contributed by atoms with E-state index >= 15 is 0 Å². The zero-order valence-corrected chi connectivity index (χ0v) is 10.5. The van der Waals surface area contributed by atoms with E-state index in [2.05, 4.69) is 6.08 Å². The highest BCUT2D eigenvalue weighted by atomic mass is 16.7. The van der Waals surface area contributed by atoms with Crippen LogP contribution in [0.25, 0.3) is 0 Å². The van der Waals surface area contributed by atoms with Crippen molar-refractivity contribution in [2.24, 2.45) is 11.8 Å². The molecule has 3 rings (SSSR count). The van der Waals surface area contributed by atoms with Crippen molar-refractivity contribution in [1.82, 2.24) is 0 Å². The Bertz CT molecular complexity index is 360. The van der Waals surface area contributed by atoms with Gasteiger partial charge in [-0.25, -0.2) is 0 Å². The van der Waals surface area contributed by atoms with Gasteiger partial charge in [0.2, 0.25) is 0 Å². The van der Waals surface area contributed by atoms with Gasteiger partial charge in [-0.2, -0.15) is 0 Å². The lowest BCUT2D eigenvalue weighted by Crippen LogP contribution is -2.38. The number of ether oxygens (including phenoxy) is 2. The van der Waals surface area contributed by atoms with Crippen LogP contribution >= 0.6 is 0 Å². The molecule has 0 radical (unpaired) electrons. The van der Waals surface area contributed by atoms with Crippen LogP contribution in [0, 0.1) is 11.8 Å². The lowest BCUT2D eigenvalue weighted by molar-refractivity contribution is -0.182. The zero-order valence-electron chi connectivity index (χ0n) is 10.5. The smallest absolute Gasteiger partial charge is 0.178 e. The summed E-state index contributed by atoms with van der Waals surface area (Å²) in [7, 11) is 0. The molecule has 2 fully saturated rings. The molecule has 0 aromatic heterocycles. The Balaban J connectivity index is 1.76. The largest absolute Gasteiger partial charge is 0.346 e. The Morgan fingerprint density at radius 1 is 1.47 bits per heavy atom. The molecular formula is C14H20O3. The second-order valence-electron chi connectivity index (χ2n) is 5.77. The van der Waals surface area contributed by atoms with Crippen LogP contribution in [0.5, 0.6) is 0 Å². The number of hydrogen-bond acceptors (Lipinski definition) is 3. The van der Waals surface area contributed by atoms with Gasteiger partial charge < -0.3 is 9.47 Å². The van der Waals surface area contributed by atoms with Crippen LogP contribution in [0.4, 0.5) is 0 Å². The Hall–Kier alpha value is -0.670. The summed E-state index contributed by atoms with van der Waals surface area (Å²) in [4.78, 5) is 12.0. The number of ketones is 1. The molecule has 1 aliphatic heterocycles. The Kier molecular flexibility index (Phi) is 2.64. The van der Waals surface area contributed by atoms with E-state index in [1.54, 1.807) is 0 Å². The van der Waals surface area contributed by atoms with Gasteiger partial charge in [-0.1, -0.05) is 6.08 Å². The molecule has 0 saturated heterocycles. The van der Waals surface area contributed by atoms with E-state index in [9.17, 15) is 4.79 Å². The molecule has 0 bridgehead atoms. The fraction of sp³-hybridized carbons (Fsp3) is 0.786. The molecule has 4 atom stereocenters. The minimum absolute atomic E-state index is 0.0968. The number of carbonyl (C=O) groups excluding carboxylic acids is 1. The molecule has 3 heteroatoms. The number of rotatable bonds is 2. The molecule has 1 spiro atoms. The van der Waals surface area contributed by atoms with Crippen LogP contribution in [0.2, 0.25) is 0 Å². The van der Waals surface area contributed by atoms with E-state index in [1.807, 2.05) is 19.9 Å². The van der Waals surface area contributed by atoms with Crippen LogP contribution in [0.3, 0.4) is 0 Å². The first-order valence-corrected chi connectivity index (χ1v) is 6.66. The molecule has 17 heavy (non-hydrogen) atoms. The second-order valence-corrected chi connectivity index (χ2v) is 5.77. The highest BCUT2D eigenvalue weighted by Crippen LogP contribution is 2.52. The summed E-state index contributed by atoms with van der Waals surface area (Å²) in [5.74, 6) is 1.03. The minimum atomic E-state index is -0.336. The first-order valence-electron chi connectivity index (χ1n) is 6.66. The van der Waals surface area contributed by atoms with Crippen LogP contribution in [-0.2, 0) is 14.3 Å². The molecule has 1 heterocycles. The fourth-order valence-corrected chi connectivity index (χ4v) is 3.66. The summed E-state index contributed by atoms with van der Waals surface area (Å²) < 4.78 is 11.7. The summed E-state index contributed by atoms with van der Waals surface area (Å²) in [5, 5.41) is 0.